The zero-order chi connectivity index (χ0) is 23.5. The first kappa shape index (κ1) is 22.3. The molecular formula is C27H29N5O2. The summed E-state index contributed by atoms with van der Waals surface area (Å²) in [6.45, 7) is 2.11. The number of hydrogen-bond donors (Lipinski definition) is 2. The molecule has 1 amide bonds. The lowest BCUT2D eigenvalue weighted by atomic mass is 9.91. The summed E-state index contributed by atoms with van der Waals surface area (Å²) in [6, 6.07) is 19.4. The number of amides is 1. The highest BCUT2D eigenvalue weighted by atomic mass is 16.3. The minimum absolute atomic E-state index is 0.0713. The van der Waals surface area contributed by atoms with Gasteiger partial charge in [-0.15, -0.1) is 0 Å². The molecule has 4 aromatic rings. The van der Waals surface area contributed by atoms with Crippen LogP contribution in [0.15, 0.2) is 73.1 Å². The molecule has 174 valence electrons. The van der Waals surface area contributed by atoms with Gasteiger partial charge in [0.15, 0.2) is 0 Å². The standard InChI is InChI=1S/C27H29N5O2/c1-31-14-11-27(34,12-15-31)19-32-24-17-22(29-25(33)16-20-6-3-2-4-7-20)9-10-23(24)26(30-32)21-8-5-13-28-18-21/h2-10,13,17-18,34H,11-12,14-16,19H2,1H3,(H,29,33). The van der Waals surface area contributed by atoms with Crippen LogP contribution in [0, 0.1) is 0 Å². The van der Waals surface area contributed by atoms with Crippen LogP contribution in [0.1, 0.15) is 18.4 Å². The molecule has 7 heteroatoms. The van der Waals surface area contributed by atoms with Crippen molar-refractivity contribution in [2.24, 2.45) is 0 Å². The molecule has 0 radical (unpaired) electrons. The normalized spacial score (nSPS) is 15.9. The van der Waals surface area contributed by atoms with E-state index < -0.39 is 5.60 Å². The van der Waals surface area contributed by atoms with Crippen LogP contribution in [0.4, 0.5) is 5.69 Å². The maximum atomic E-state index is 12.6. The van der Waals surface area contributed by atoms with E-state index in [-0.39, 0.29) is 5.91 Å². The van der Waals surface area contributed by atoms with E-state index in [4.69, 9.17) is 5.10 Å². The van der Waals surface area contributed by atoms with Crippen molar-refractivity contribution >= 4 is 22.5 Å². The van der Waals surface area contributed by atoms with Crippen LogP contribution in [0.25, 0.3) is 22.2 Å². The van der Waals surface area contributed by atoms with Gasteiger partial charge in [0.2, 0.25) is 5.91 Å². The maximum absolute atomic E-state index is 12.6. The topological polar surface area (TPSA) is 83.3 Å². The van der Waals surface area contributed by atoms with Gasteiger partial charge >= 0.3 is 0 Å². The molecule has 7 nitrogen and oxygen atoms in total. The largest absolute Gasteiger partial charge is 0.388 e. The number of fused-ring (bicyclic) bond motifs is 1. The second-order valence-corrected chi connectivity index (χ2v) is 9.22. The smallest absolute Gasteiger partial charge is 0.228 e. The first-order valence-electron chi connectivity index (χ1n) is 11.6. The molecule has 5 rings (SSSR count). The summed E-state index contributed by atoms with van der Waals surface area (Å²) in [5.41, 5.74) is 3.48. The van der Waals surface area contributed by atoms with E-state index in [0.717, 1.165) is 40.8 Å². The van der Waals surface area contributed by atoms with E-state index >= 15 is 0 Å². The van der Waals surface area contributed by atoms with Gasteiger partial charge in [-0.3, -0.25) is 14.5 Å². The predicted octanol–water partition coefficient (Wildman–Crippen LogP) is 3.74. The van der Waals surface area contributed by atoms with Crippen LogP contribution in [0.5, 0.6) is 0 Å². The number of aromatic nitrogens is 3. The molecule has 34 heavy (non-hydrogen) atoms. The fourth-order valence-electron chi connectivity index (χ4n) is 4.55. The van der Waals surface area contributed by atoms with Crippen molar-refractivity contribution in [2.75, 3.05) is 25.5 Å². The first-order chi connectivity index (χ1) is 16.5. The van der Waals surface area contributed by atoms with Gasteiger partial charge in [-0.25, -0.2) is 0 Å². The minimum Gasteiger partial charge on any atom is -0.388 e. The van der Waals surface area contributed by atoms with Crippen molar-refractivity contribution in [3.05, 3.63) is 78.6 Å². The van der Waals surface area contributed by atoms with Crippen molar-refractivity contribution in [1.82, 2.24) is 19.7 Å². The summed E-state index contributed by atoms with van der Waals surface area (Å²) in [7, 11) is 2.08. The van der Waals surface area contributed by atoms with Crippen molar-refractivity contribution in [3.8, 4) is 11.3 Å². The second-order valence-electron chi connectivity index (χ2n) is 9.22. The quantitative estimate of drug-likeness (QED) is 0.463. The molecule has 0 saturated carbocycles. The number of anilines is 1. The van der Waals surface area contributed by atoms with E-state index in [9.17, 15) is 9.90 Å². The predicted molar refractivity (Wildman–Crippen MR) is 133 cm³/mol. The maximum Gasteiger partial charge on any atom is 0.228 e. The Hall–Kier alpha value is -3.55. The monoisotopic (exact) mass is 455 g/mol. The molecule has 2 N–H and O–H groups in total. The molecule has 1 fully saturated rings. The number of aliphatic hydroxyl groups is 1. The molecule has 1 saturated heterocycles. The zero-order valence-corrected chi connectivity index (χ0v) is 19.3. The Bertz CT molecular complexity index is 1280. The van der Waals surface area contributed by atoms with Gasteiger partial charge in [-0.05, 0) is 55.8 Å². The van der Waals surface area contributed by atoms with E-state index in [2.05, 4.69) is 22.2 Å². The van der Waals surface area contributed by atoms with Gasteiger partial charge in [0.05, 0.1) is 24.1 Å². The zero-order valence-electron chi connectivity index (χ0n) is 19.3. The van der Waals surface area contributed by atoms with Gasteiger partial charge in [0.1, 0.15) is 5.69 Å². The van der Waals surface area contributed by atoms with E-state index in [1.165, 1.54) is 0 Å². The number of benzene rings is 2. The Morgan fingerprint density at radius 3 is 2.62 bits per heavy atom. The minimum atomic E-state index is -0.815. The highest BCUT2D eigenvalue weighted by Crippen LogP contribution is 2.32. The van der Waals surface area contributed by atoms with Gasteiger partial charge in [0.25, 0.3) is 0 Å². The second kappa shape index (κ2) is 9.37. The highest BCUT2D eigenvalue weighted by molar-refractivity contribution is 5.98. The molecule has 0 atom stereocenters. The molecule has 0 spiro atoms. The Balaban J connectivity index is 1.47. The average Bonchev–Trinajstić information content (AvgIpc) is 3.19. The van der Waals surface area contributed by atoms with E-state index in [1.54, 1.807) is 12.4 Å². The molecule has 2 aromatic carbocycles. The third kappa shape index (κ3) is 4.85. The molecule has 1 aliphatic heterocycles. The van der Waals surface area contributed by atoms with Crippen molar-refractivity contribution in [3.63, 3.8) is 0 Å². The fraction of sp³-hybridized carbons (Fsp3) is 0.296. The first-order valence-corrected chi connectivity index (χ1v) is 11.6. The average molecular weight is 456 g/mol. The molecule has 2 aromatic heterocycles. The number of nitrogens with zero attached hydrogens (tertiary/aromatic N) is 4. The van der Waals surface area contributed by atoms with Crippen LogP contribution >= 0.6 is 0 Å². The van der Waals surface area contributed by atoms with Gasteiger partial charge in [-0.2, -0.15) is 5.10 Å². The summed E-state index contributed by atoms with van der Waals surface area (Å²) in [4.78, 5) is 19.1. The third-order valence-electron chi connectivity index (χ3n) is 6.54. The van der Waals surface area contributed by atoms with E-state index in [0.29, 0.717) is 31.5 Å². The Labute approximate surface area is 199 Å². The number of piperidine rings is 1. The summed E-state index contributed by atoms with van der Waals surface area (Å²) in [6.07, 6.45) is 5.24. The Morgan fingerprint density at radius 2 is 1.88 bits per heavy atom. The Kier molecular flexibility index (Phi) is 6.13. The number of hydrogen-bond acceptors (Lipinski definition) is 5. The number of carbonyl (C=O) groups is 1. The van der Waals surface area contributed by atoms with Crippen molar-refractivity contribution in [1.29, 1.82) is 0 Å². The lowest BCUT2D eigenvalue weighted by molar-refractivity contribution is -0.115. The molecule has 3 heterocycles. The summed E-state index contributed by atoms with van der Waals surface area (Å²) < 4.78 is 1.88. The van der Waals surface area contributed by atoms with Crippen molar-refractivity contribution < 1.29 is 9.90 Å². The molecule has 1 aliphatic rings. The van der Waals surface area contributed by atoms with Gasteiger partial charge in [-0.1, -0.05) is 30.3 Å². The molecular weight excluding hydrogens is 426 g/mol. The van der Waals surface area contributed by atoms with Gasteiger partial charge in [0, 0.05) is 42.1 Å². The Morgan fingerprint density at radius 1 is 1.09 bits per heavy atom. The van der Waals surface area contributed by atoms with Gasteiger partial charge < -0.3 is 15.3 Å². The number of rotatable bonds is 6. The lowest BCUT2D eigenvalue weighted by Gasteiger charge is -2.36. The summed E-state index contributed by atoms with van der Waals surface area (Å²) in [5, 5.41) is 20.2. The van der Waals surface area contributed by atoms with Crippen LogP contribution in [0.3, 0.4) is 0 Å². The third-order valence-corrected chi connectivity index (χ3v) is 6.54. The SMILES string of the molecule is CN1CCC(O)(Cn2nc(-c3cccnc3)c3ccc(NC(=O)Cc4ccccc4)cc32)CC1. The van der Waals surface area contributed by atoms with E-state index in [1.807, 2.05) is 65.3 Å². The summed E-state index contributed by atoms with van der Waals surface area (Å²) >= 11 is 0. The van der Waals surface area contributed by atoms with Crippen LogP contribution < -0.4 is 5.32 Å². The number of pyridine rings is 1. The number of likely N-dealkylation sites (tertiary alicyclic amines) is 1. The lowest BCUT2D eigenvalue weighted by Crippen LogP contribution is -2.45. The molecule has 0 aliphatic carbocycles. The number of carbonyl (C=O) groups excluding carboxylic acids is 1. The van der Waals surface area contributed by atoms with Crippen LogP contribution in [-0.4, -0.2) is 56.4 Å². The highest BCUT2D eigenvalue weighted by Gasteiger charge is 2.32. The summed E-state index contributed by atoms with van der Waals surface area (Å²) in [5.74, 6) is -0.0713. The fourth-order valence-corrected chi connectivity index (χ4v) is 4.55. The van der Waals surface area contributed by atoms with Crippen molar-refractivity contribution in [2.45, 2.75) is 31.4 Å². The molecule has 0 bridgehead atoms. The van der Waals surface area contributed by atoms with Crippen LogP contribution in [-0.2, 0) is 17.8 Å². The van der Waals surface area contributed by atoms with Crippen LogP contribution in [0.2, 0.25) is 0 Å². The molecule has 0 unspecified atom stereocenters. The number of nitrogens with one attached hydrogen (secondary N) is 1.